The Morgan fingerprint density at radius 3 is 1.97 bits per heavy atom. The summed E-state index contributed by atoms with van der Waals surface area (Å²) in [6.07, 6.45) is 0. The molecule has 0 amide bonds. The quantitative estimate of drug-likeness (QED) is 0.244. The highest BCUT2D eigenvalue weighted by atomic mass is 16.3. The summed E-state index contributed by atoms with van der Waals surface area (Å²) in [6, 6.07) is 41.2. The molecule has 1 aliphatic carbocycles. The molecule has 0 bridgehead atoms. The van der Waals surface area contributed by atoms with Crippen molar-refractivity contribution in [3.8, 4) is 11.1 Å². The van der Waals surface area contributed by atoms with E-state index in [1.807, 2.05) is 6.07 Å². The largest absolute Gasteiger partial charge is 0.456 e. The van der Waals surface area contributed by atoms with E-state index in [0.29, 0.717) is 0 Å². The lowest BCUT2D eigenvalue weighted by Gasteiger charge is -2.49. The Labute approximate surface area is 224 Å². The molecule has 5 aromatic carbocycles. The Bertz CT molecular complexity index is 1820. The maximum absolute atomic E-state index is 6.32. The molecule has 0 radical (unpaired) electrons. The first-order chi connectivity index (χ1) is 18.4. The van der Waals surface area contributed by atoms with Gasteiger partial charge in [0.1, 0.15) is 11.2 Å². The smallest absolute Gasteiger partial charge is 0.137 e. The van der Waals surface area contributed by atoms with Crippen LogP contribution >= 0.6 is 0 Å². The van der Waals surface area contributed by atoms with Gasteiger partial charge in [0.15, 0.2) is 0 Å². The molecule has 6 aromatic rings. The summed E-state index contributed by atoms with van der Waals surface area (Å²) < 4.78 is 6.32. The average molecular weight is 494 g/mol. The van der Waals surface area contributed by atoms with Gasteiger partial charge in [-0.25, -0.2) is 0 Å². The van der Waals surface area contributed by atoms with Crippen LogP contribution in [0.5, 0.6) is 0 Å². The van der Waals surface area contributed by atoms with Crippen LogP contribution in [0.3, 0.4) is 0 Å². The predicted molar refractivity (Wildman–Crippen MR) is 160 cm³/mol. The molecule has 1 aliphatic rings. The van der Waals surface area contributed by atoms with Gasteiger partial charge in [-0.2, -0.15) is 0 Å². The van der Waals surface area contributed by atoms with Gasteiger partial charge in [0.05, 0.1) is 16.8 Å². The molecule has 0 atom stereocenters. The van der Waals surface area contributed by atoms with Gasteiger partial charge in [0.2, 0.25) is 0 Å². The van der Waals surface area contributed by atoms with Crippen molar-refractivity contribution in [2.45, 2.75) is 38.5 Å². The lowest BCUT2D eigenvalue weighted by Crippen LogP contribution is -2.43. The summed E-state index contributed by atoms with van der Waals surface area (Å²) in [5.74, 6) is 0. The molecule has 1 heterocycles. The maximum atomic E-state index is 6.32. The fourth-order valence-corrected chi connectivity index (χ4v) is 6.38. The van der Waals surface area contributed by atoms with Crippen LogP contribution in [0.4, 0.5) is 17.1 Å². The van der Waals surface area contributed by atoms with E-state index in [0.717, 1.165) is 33.3 Å². The monoisotopic (exact) mass is 493 g/mol. The van der Waals surface area contributed by atoms with Gasteiger partial charge in [-0.15, -0.1) is 0 Å². The molecular weight excluding hydrogens is 462 g/mol. The molecule has 0 N–H and O–H groups in total. The lowest BCUT2D eigenvalue weighted by molar-refractivity contribution is 0.299. The van der Waals surface area contributed by atoms with Crippen molar-refractivity contribution in [1.82, 2.24) is 0 Å². The van der Waals surface area contributed by atoms with Crippen molar-refractivity contribution >= 4 is 39.0 Å². The van der Waals surface area contributed by atoms with E-state index >= 15 is 0 Å². The Morgan fingerprint density at radius 2 is 1.13 bits per heavy atom. The number of hydrogen-bond acceptors (Lipinski definition) is 2. The molecule has 0 saturated carbocycles. The van der Waals surface area contributed by atoms with Crippen molar-refractivity contribution in [1.29, 1.82) is 0 Å². The molecule has 186 valence electrons. The van der Waals surface area contributed by atoms with Crippen LogP contribution in [-0.2, 0) is 10.8 Å². The van der Waals surface area contributed by atoms with E-state index in [-0.39, 0.29) is 10.8 Å². The molecule has 0 saturated heterocycles. The topological polar surface area (TPSA) is 16.4 Å². The third kappa shape index (κ3) is 3.07. The van der Waals surface area contributed by atoms with E-state index in [1.54, 1.807) is 0 Å². The molecule has 2 nitrogen and oxygen atoms in total. The Morgan fingerprint density at radius 1 is 0.526 bits per heavy atom. The van der Waals surface area contributed by atoms with Gasteiger partial charge >= 0.3 is 0 Å². The Kier molecular flexibility index (Phi) is 4.87. The minimum absolute atomic E-state index is 0.0203. The number of para-hydroxylation sites is 2. The molecule has 0 aliphatic heterocycles. The Balaban J connectivity index is 1.61. The first-order valence-electron chi connectivity index (χ1n) is 13.4. The van der Waals surface area contributed by atoms with Crippen LogP contribution in [0.15, 0.2) is 120 Å². The number of furan rings is 1. The third-order valence-corrected chi connectivity index (χ3v) is 9.02. The second kappa shape index (κ2) is 8.10. The average Bonchev–Trinajstić information content (AvgIpc) is 3.32. The zero-order chi connectivity index (χ0) is 26.1. The van der Waals surface area contributed by atoms with E-state index in [2.05, 4.69) is 142 Å². The van der Waals surface area contributed by atoms with Crippen LogP contribution in [0.2, 0.25) is 0 Å². The minimum atomic E-state index is -0.0661. The molecule has 0 spiro atoms. The van der Waals surface area contributed by atoms with E-state index < -0.39 is 0 Å². The number of nitrogens with zero attached hydrogens (tertiary/aromatic N) is 1. The molecule has 0 unspecified atom stereocenters. The van der Waals surface area contributed by atoms with Gasteiger partial charge in [-0.1, -0.05) is 107 Å². The van der Waals surface area contributed by atoms with Crippen LogP contribution < -0.4 is 4.90 Å². The van der Waals surface area contributed by atoms with Gasteiger partial charge in [-0.3, -0.25) is 0 Å². The molecule has 38 heavy (non-hydrogen) atoms. The first-order valence-corrected chi connectivity index (χ1v) is 13.4. The number of hydrogen-bond donors (Lipinski definition) is 0. The highest BCUT2D eigenvalue weighted by molar-refractivity contribution is 6.14. The first kappa shape index (κ1) is 22.9. The molecule has 2 heteroatoms. The molecule has 1 aromatic heterocycles. The summed E-state index contributed by atoms with van der Waals surface area (Å²) in [5.41, 5.74) is 10.5. The summed E-state index contributed by atoms with van der Waals surface area (Å²) in [4.78, 5) is 2.42. The van der Waals surface area contributed by atoms with E-state index in [1.165, 1.54) is 27.9 Å². The zero-order valence-corrected chi connectivity index (χ0v) is 22.3. The van der Waals surface area contributed by atoms with Gasteiger partial charge < -0.3 is 9.32 Å². The zero-order valence-electron chi connectivity index (χ0n) is 22.3. The molecule has 0 fully saturated rings. The second-order valence-corrected chi connectivity index (χ2v) is 11.4. The fourth-order valence-electron chi connectivity index (χ4n) is 6.38. The number of rotatable bonds is 3. The summed E-state index contributed by atoms with van der Waals surface area (Å²) >= 11 is 0. The SMILES string of the molecule is CC1(C)c2ccccc2-c2c(N(c3ccccc3)c3cccc4oc5ccccc5c34)cccc2C1(C)C. The van der Waals surface area contributed by atoms with Crippen LogP contribution in [0.1, 0.15) is 38.8 Å². The number of benzene rings is 5. The molecule has 7 rings (SSSR count). The summed E-state index contributed by atoms with van der Waals surface area (Å²) in [6.45, 7) is 9.55. The van der Waals surface area contributed by atoms with Gasteiger partial charge in [0.25, 0.3) is 0 Å². The van der Waals surface area contributed by atoms with Crippen LogP contribution in [-0.4, -0.2) is 0 Å². The van der Waals surface area contributed by atoms with Crippen molar-refractivity contribution < 1.29 is 4.42 Å². The number of anilines is 3. The van der Waals surface area contributed by atoms with Crippen molar-refractivity contribution in [2.24, 2.45) is 0 Å². The predicted octanol–water partition coefficient (Wildman–Crippen LogP) is 10.3. The highest BCUT2D eigenvalue weighted by Crippen LogP contribution is 2.57. The maximum Gasteiger partial charge on any atom is 0.137 e. The fraction of sp³-hybridized carbons (Fsp3) is 0.167. The number of fused-ring (bicyclic) bond motifs is 6. The highest BCUT2D eigenvalue weighted by Gasteiger charge is 2.46. The van der Waals surface area contributed by atoms with Crippen LogP contribution in [0.25, 0.3) is 33.1 Å². The third-order valence-electron chi connectivity index (χ3n) is 9.02. The van der Waals surface area contributed by atoms with Gasteiger partial charge in [0, 0.05) is 16.6 Å². The van der Waals surface area contributed by atoms with Crippen molar-refractivity contribution in [3.05, 3.63) is 126 Å². The van der Waals surface area contributed by atoms with Crippen molar-refractivity contribution in [2.75, 3.05) is 4.90 Å². The Hall–Kier alpha value is -4.30. The standard InChI is InChI=1S/C36H31NO/c1-35(2)27-18-10-8-16-25(27)33-28(36(35,3)4)19-12-20-29(33)37(24-14-6-5-7-15-24)30-21-13-23-32-34(30)26-17-9-11-22-31(26)38-32/h5-23H,1-4H3. The van der Waals surface area contributed by atoms with Gasteiger partial charge in [-0.05, 0) is 63.9 Å². The second-order valence-electron chi connectivity index (χ2n) is 11.4. The van der Waals surface area contributed by atoms with E-state index in [9.17, 15) is 0 Å². The molecular formula is C36H31NO. The van der Waals surface area contributed by atoms with E-state index in [4.69, 9.17) is 4.42 Å². The normalized spacial score (nSPS) is 15.3. The minimum Gasteiger partial charge on any atom is -0.456 e. The van der Waals surface area contributed by atoms with Crippen molar-refractivity contribution in [3.63, 3.8) is 0 Å². The summed E-state index contributed by atoms with van der Waals surface area (Å²) in [5, 5.41) is 2.26. The van der Waals surface area contributed by atoms with Crippen LogP contribution in [0, 0.1) is 0 Å². The summed E-state index contributed by atoms with van der Waals surface area (Å²) in [7, 11) is 0. The lowest BCUT2D eigenvalue weighted by atomic mass is 9.55.